The molecule has 15 heavy (non-hydrogen) atoms. The zero-order valence-electron chi connectivity index (χ0n) is 9.63. The molecule has 1 rings (SSSR count). The fourth-order valence-electron chi connectivity index (χ4n) is 1.55. The monoisotopic (exact) mass is 226 g/mol. The van der Waals surface area contributed by atoms with Crippen LogP contribution in [0.4, 0.5) is 0 Å². The highest BCUT2D eigenvalue weighted by atomic mass is 35.5. The molecule has 1 unspecified atom stereocenters. The second kappa shape index (κ2) is 6.11. The fourth-order valence-corrected chi connectivity index (χ4v) is 1.76. The summed E-state index contributed by atoms with van der Waals surface area (Å²) in [6, 6.07) is 8.45. The molecule has 0 aliphatic rings. The van der Waals surface area contributed by atoms with Gasteiger partial charge in [-0.05, 0) is 38.7 Å². The number of nitrogens with one attached hydrogen (secondary N) is 1. The second-order valence-corrected chi connectivity index (χ2v) is 4.61. The van der Waals surface area contributed by atoms with E-state index in [2.05, 4.69) is 37.3 Å². The molecule has 1 N–H and O–H groups in total. The summed E-state index contributed by atoms with van der Waals surface area (Å²) in [5.41, 5.74) is 1.23. The number of nitrogens with zero attached hydrogens (tertiary/aromatic N) is 1. The minimum atomic E-state index is 0.485. The molecule has 0 heterocycles. The molecule has 1 aromatic carbocycles. The van der Waals surface area contributed by atoms with Gasteiger partial charge in [0.1, 0.15) is 0 Å². The van der Waals surface area contributed by atoms with Gasteiger partial charge >= 0.3 is 0 Å². The van der Waals surface area contributed by atoms with Crippen LogP contribution in [0.5, 0.6) is 0 Å². The molecule has 0 amide bonds. The smallest absolute Gasteiger partial charge is 0.0409 e. The lowest BCUT2D eigenvalue weighted by Crippen LogP contribution is -2.35. The Morgan fingerprint density at radius 2 is 2.13 bits per heavy atom. The number of rotatable bonds is 5. The van der Waals surface area contributed by atoms with E-state index in [9.17, 15) is 0 Å². The number of halogens is 1. The summed E-state index contributed by atoms with van der Waals surface area (Å²) < 4.78 is 0. The lowest BCUT2D eigenvalue weighted by molar-refractivity contribution is 0.349. The highest BCUT2D eigenvalue weighted by Gasteiger charge is 2.02. The van der Waals surface area contributed by atoms with Crippen LogP contribution in [0.1, 0.15) is 12.5 Å². The van der Waals surface area contributed by atoms with Crippen LogP contribution >= 0.6 is 11.6 Å². The van der Waals surface area contributed by atoms with Crippen LogP contribution < -0.4 is 5.32 Å². The third kappa shape index (κ3) is 5.17. The van der Waals surface area contributed by atoms with Crippen molar-refractivity contribution in [2.45, 2.75) is 19.5 Å². The summed E-state index contributed by atoms with van der Waals surface area (Å²) in [5, 5.41) is 4.26. The normalized spacial score (nSPS) is 13.1. The minimum absolute atomic E-state index is 0.485. The standard InChI is InChI=1S/C12H19ClN2/c1-10(9-15(2)3)14-8-11-5-4-6-12(13)7-11/h4-7,10,14H,8-9H2,1-3H3. The summed E-state index contributed by atoms with van der Waals surface area (Å²) >= 11 is 5.91. The Balaban J connectivity index is 2.36. The van der Waals surface area contributed by atoms with Gasteiger partial charge in [-0.1, -0.05) is 23.7 Å². The van der Waals surface area contributed by atoms with Crippen LogP contribution in [0.2, 0.25) is 5.02 Å². The van der Waals surface area contributed by atoms with Gasteiger partial charge in [-0.3, -0.25) is 0 Å². The quantitative estimate of drug-likeness (QED) is 0.830. The zero-order valence-corrected chi connectivity index (χ0v) is 10.4. The van der Waals surface area contributed by atoms with Crippen molar-refractivity contribution < 1.29 is 0 Å². The van der Waals surface area contributed by atoms with Crippen LogP contribution in [0.25, 0.3) is 0 Å². The Bertz CT molecular complexity index is 299. The molecule has 0 saturated heterocycles. The molecule has 0 bridgehead atoms. The molecule has 2 nitrogen and oxygen atoms in total. The lowest BCUT2D eigenvalue weighted by Gasteiger charge is -2.18. The first-order valence-corrected chi connectivity index (χ1v) is 5.58. The van der Waals surface area contributed by atoms with Gasteiger partial charge in [0.25, 0.3) is 0 Å². The molecule has 0 saturated carbocycles. The van der Waals surface area contributed by atoms with E-state index in [0.717, 1.165) is 18.1 Å². The predicted octanol–water partition coefficient (Wildman–Crippen LogP) is 2.38. The Morgan fingerprint density at radius 3 is 2.73 bits per heavy atom. The Labute approximate surface area is 97.2 Å². The van der Waals surface area contributed by atoms with E-state index >= 15 is 0 Å². The van der Waals surface area contributed by atoms with Gasteiger partial charge in [-0.25, -0.2) is 0 Å². The van der Waals surface area contributed by atoms with Crippen LogP contribution in [0.3, 0.4) is 0 Å². The molecule has 3 heteroatoms. The van der Waals surface area contributed by atoms with Gasteiger partial charge < -0.3 is 10.2 Å². The van der Waals surface area contributed by atoms with E-state index in [-0.39, 0.29) is 0 Å². The third-order valence-electron chi connectivity index (χ3n) is 2.18. The van der Waals surface area contributed by atoms with Crippen molar-refractivity contribution in [3.63, 3.8) is 0 Å². The van der Waals surface area contributed by atoms with Crippen molar-refractivity contribution in [3.8, 4) is 0 Å². The first kappa shape index (κ1) is 12.5. The van der Waals surface area contributed by atoms with Crippen molar-refractivity contribution in [2.24, 2.45) is 0 Å². The Hall–Kier alpha value is -0.570. The molecule has 1 aromatic rings. The SMILES string of the molecule is CC(CN(C)C)NCc1cccc(Cl)c1. The van der Waals surface area contributed by atoms with Gasteiger partial charge in [-0.15, -0.1) is 0 Å². The van der Waals surface area contributed by atoms with Crippen LogP contribution in [-0.4, -0.2) is 31.6 Å². The summed E-state index contributed by atoms with van der Waals surface area (Å²) in [7, 11) is 4.16. The average molecular weight is 227 g/mol. The maximum Gasteiger partial charge on any atom is 0.0409 e. The number of hydrogen-bond donors (Lipinski definition) is 1. The molecule has 0 spiro atoms. The highest BCUT2D eigenvalue weighted by molar-refractivity contribution is 6.30. The van der Waals surface area contributed by atoms with Gasteiger partial charge in [0.15, 0.2) is 0 Å². The van der Waals surface area contributed by atoms with E-state index in [1.807, 2.05) is 18.2 Å². The lowest BCUT2D eigenvalue weighted by atomic mass is 10.2. The fraction of sp³-hybridized carbons (Fsp3) is 0.500. The summed E-state index contributed by atoms with van der Waals surface area (Å²) in [6.07, 6.45) is 0. The van der Waals surface area contributed by atoms with Crippen LogP contribution in [-0.2, 0) is 6.54 Å². The summed E-state index contributed by atoms with van der Waals surface area (Å²) in [4.78, 5) is 2.18. The van der Waals surface area contributed by atoms with E-state index in [4.69, 9.17) is 11.6 Å². The minimum Gasteiger partial charge on any atom is -0.309 e. The van der Waals surface area contributed by atoms with Crippen LogP contribution in [0.15, 0.2) is 24.3 Å². The second-order valence-electron chi connectivity index (χ2n) is 4.17. The first-order chi connectivity index (χ1) is 7.08. The van der Waals surface area contributed by atoms with Crippen molar-refractivity contribution in [2.75, 3.05) is 20.6 Å². The number of likely N-dealkylation sites (N-methyl/N-ethyl adjacent to an activating group) is 1. The van der Waals surface area contributed by atoms with Gasteiger partial charge in [-0.2, -0.15) is 0 Å². The molecule has 84 valence electrons. The van der Waals surface area contributed by atoms with E-state index in [1.165, 1.54) is 5.56 Å². The van der Waals surface area contributed by atoms with Crippen molar-refractivity contribution in [1.29, 1.82) is 0 Å². The molecular weight excluding hydrogens is 208 g/mol. The molecule has 0 aliphatic heterocycles. The number of benzene rings is 1. The molecule has 0 aliphatic carbocycles. The first-order valence-electron chi connectivity index (χ1n) is 5.20. The van der Waals surface area contributed by atoms with E-state index in [0.29, 0.717) is 6.04 Å². The molecule has 1 atom stereocenters. The summed E-state index contributed by atoms with van der Waals surface area (Å²) in [5.74, 6) is 0. The van der Waals surface area contributed by atoms with Gasteiger partial charge in [0.05, 0.1) is 0 Å². The maximum atomic E-state index is 5.91. The van der Waals surface area contributed by atoms with Crippen LogP contribution in [0, 0.1) is 0 Å². The van der Waals surface area contributed by atoms with Gasteiger partial charge in [0, 0.05) is 24.2 Å². The molecule has 0 radical (unpaired) electrons. The topological polar surface area (TPSA) is 15.3 Å². The summed E-state index contributed by atoms with van der Waals surface area (Å²) in [6.45, 7) is 4.10. The third-order valence-corrected chi connectivity index (χ3v) is 2.42. The molecule has 0 fully saturated rings. The van der Waals surface area contributed by atoms with E-state index in [1.54, 1.807) is 0 Å². The number of hydrogen-bond acceptors (Lipinski definition) is 2. The molecular formula is C12H19ClN2. The maximum absolute atomic E-state index is 5.91. The highest BCUT2D eigenvalue weighted by Crippen LogP contribution is 2.10. The van der Waals surface area contributed by atoms with Crippen molar-refractivity contribution >= 4 is 11.6 Å². The Kier molecular flexibility index (Phi) is 5.09. The van der Waals surface area contributed by atoms with Gasteiger partial charge in [0.2, 0.25) is 0 Å². The van der Waals surface area contributed by atoms with Crippen molar-refractivity contribution in [1.82, 2.24) is 10.2 Å². The zero-order chi connectivity index (χ0) is 11.3. The predicted molar refractivity (Wildman–Crippen MR) is 66.3 cm³/mol. The average Bonchev–Trinajstić information content (AvgIpc) is 2.14. The Morgan fingerprint density at radius 1 is 1.40 bits per heavy atom. The largest absolute Gasteiger partial charge is 0.309 e. The van der Waals surface area contributed by atoms with E-state index < -0.39 is 0 Å². The molecule has 0 aromatic heterocycles. The van der Waals surface area contributed by atoms with Crippen molar-refractivity contribution in [3.05, 3.63) is 34.9 Å².